The first-order valence-corrected chi connectivity index (χ1v) is 7.16. The number of fused-ring (bicyclic) bond motifs is 1. The zero-order valence-corrected chi connectivity index (χ0v) is 12.7. The van der Waals surface area contributed by atoms with E-state index in [4.69, 9.17) is 11.6 Å². The Bertz CT molecular complexity index is 912. The number of aliphatic hydroxyl groups is 1. The van der Waals surface area contributed by atoms with Gasteiger partial charge in [-0.3, -0.25) is 14.2 Å². The minimum atomic E-state index is -0.183. The third-order valence-electron chi connectivity index (χ3n) is 3.85. The van der Waals surface area contributed by atoms with Crippen molar-refractivity contribution in [3.8, 4) is 5.75 Å². The lowest BCUT2D eigenvalue weighted by Gasteiger charge is -2.13. The van der Waals surface area contributed by atoms with E-state index in [1.165, 1.54) is 4.68 Å². The molecule has 0 aliphatic heterocycles. The number of benzene rings is 2. The second kappa shape index (κ2) is 5.51. The van der Waals surface area contributed by atoms with Gasteiger partial charge in [-0.05, 0) is 29.8 Å². The highest BCUT2D eigenvalue weighted by Gasteiger charge is 2.14. The Hall–Kier alpha value is -2.24. The first-order valence-electron chi connectivity index (χ1n) is 6.78. The van der Waals surface area contributed by atoms with Crippen LogP contribution >= 0.6 is 11.6 Å². The van der Waals surface area contributed by atoms with Crippen molar-refractivity contribution in [2.75, 3.05) is 0 Å². The van der Waals surface area contributed by atoms with Crippen molar-refractivity contribution in [3.63, 3.8) is 0 Å². The Morgan fingerprint density at radius 1 is 1.23 bits per heavy atom. The summed E-state index contributed by atoms with van der Waals surface area (Å²) in [6.45, 7) is 0.0792. The number of phenolic OH excluding ortho intramolecular Hbond substituents is 1. The monoisotopic (exact) mass is 318 g/mol. The van der Waals surface area contributed by atoms with E-state index < -0.39 is 0 Å². The Morgan fingerprint density at radius 3 is 2.73 bits per heavy atom. The molecule has 0 spiro atoms. The lowest BCUT2D eigenvalue weighted by molar-refractivity contribution is 0.279. The van der Waals surface area contributed by atoms with Gasteiger partial charge in [-0.25, -0.2) is 0 Å². The van der Waals surface area contributed by atoms with E-state index in [-0.39, 0.29) is 24.5 Å². The van der Waals surface area contributed by atoms with Gasteiger partial charge in [0.25, 0.3) is 5.56 Å². The van der Waals surface area contributed by atoms with Gasteiger partial charge in [-0.1, -0.05) is 23.7 Å². The van der Waals surface area contributed by atoms with Gasteiger partial charge in [0.15, 0.2) is 0 Å². The number of halogens is 1. The van der Waals surface area contributed by atoms with Crippen LogP contribution in [0, 0.1) is 0 Å². The molecule has 0 amide bonds. The van der Waals surface area contributed by atoms with Crippen molar-refractivity contribution < 1.29 is 10.2 Å². The highest BCUT2D eigenvalue weighted by Crippen LogP contribution is 2.24. The van der Waals surface area contributed by atoms with E-state index in [0.717, 1.165) is 0 Å². The van der Waals surface area contributed by atoms with E-state index in [1.54, 1.807) is 48.1 Å². The van der Waals surface area contributed by atoms with Crippen LogP contribution in [0.4, 0.5) is 0 Å². The fourth-order valence-electron chi connectivity index (χ4n) is 2.64. The van der Waals surface area contributed by atoms with E-state index in [1.807, 2.05) is 0 Å². The molecule has 0 aliphatic rings. The second-order valence-corrected chi connectivity index (χ2v) is 5.56. The second-order valence-electron chi connectivity index (χ2n) is 5.12. The van der Waals surface area contributed by atoms with Crippen LogP contribution < -0.4 is 5.56 Å². The minimum absolute atomic E-state index is 0.0860. The van der Waals surface area contributed by atoms with Gasteiger partial charge in [0, 0.05) is 17.6 Å². The zero-order chi connectivity index (χ0) is 15.9. The summed E-state index contributed by atoms with van der Waals surface area (Å²) in [4.78, 5) is 12.3. The van der Waals surface area contributed by atoms with Crippen LogP contribution in [0.2, 0.25) is 5.02 Å². The van der Waals surface area contributed by atoms with Crippen molar-refractivity contribution in [2.24, 2.45) is 7.05 Å². The van der Waals surface area contributed by atoms with Crippen LogP contribution in [0.25, 0.3) is 10.9 Å². The molecule has 0 bridgehead atoms. The molecule has 0 saturated carbocycles. The smallest absolute Gasteiger partial charge is 0.274 e. The zero-order valence-electron chi connectivity index (χ0n) is 12.0. The van der Waals surface area contributed by atoms with Crippen molar-refractivity contribution in [1.29, 1.82) is 0 Å². The normalized spacial score (nSPS) is 11.2. The average molecular weight is 319 g/mol. The van der Waals surface area contributed by atoms with Gasteiger partial charge in [0.2, 0.25) is 0 Å². The molecule has 1 aromatic heterocycles. The Kier molecular flexibility index (Phi) is 3.68. The summed E-state index contributed by atoms with van der Waals surface area (Å²) >= 11 is 6.03. The fourth-order valence-corrected chi connectivity index (χ4v) is 2.80. The number of aliphatic hydroxyl groups excluding tert-OH is 1. The molecular weight excluding hydrogens is 304 g/mol. The first-order chi connectivity index (χ1) is 10.5. The predicted octanol–water partition coefficient (Wildman–Crippen LogP) is 2.24. The van der Waals surface area contributed by atoms with Crippen LogP contribution in [-0.2, 0) is 20.2 Å². The standard InChI is InChI=1S/C16H15ClN2O3/c1-18-16(22)12-6-5-11(17)7-14(12)19(18)8-13-10(9-20)3-2-4-15(13)21/h2-7,20-21H,8-9H2,1H3. The summed E-state index contributed by atoms with van der Waals surface area (Å²) in [6.07, 6.45) is 0. The number of hydrogen-bond donors (Lipinski definition) is 2. The van der Waals surface area contributed by atoms with Gasteiger partial charge >= 0.3 is 0 Å². The molecule has 0 fully saturated rings. The third kappa shape index (κ3) is 2.28. The number of aromatic nitrogens is 2. The highest BCUT2D eigenvalue weighted by molar-refractivity contribution is 6.31. The molecule has 0 unspecified atom stereocenters. The maximum atomic E-state index is 12.3. The summed E-state index contributed by atoms with van der Waals surface area (Å²) in [7, 11) is 1.66. The van der Waals surface area contributed by atoms with Crippen LogP contribution in [-0.4, -0.2) is 19.6 Å². The fraction of sp³-hybridized carbons (Fsp3) is 0.188. The number of aromatic hydroxyl groups is 1. The van der Waals surface area contributed by atoms with Crippen molar-refractivity contribution in [2.45, 2.75) is 13.2 Å². The van der Waals surface area contributed by atoms with Crippen LogP contribution in [0.15, 0.2) is 41.2 Å². The molecule has 1 heterocycles. The van der Waals surface area contributed by atoms with Crippen LogP contribution in [0.5, 0.6) is 5.75 Å². The highest BCUT2D eigenvalue weighted by atomic mass is 35.5. The minimum Gasteiger partial charge on any atom is -0.508 e. The molecule has 114 valence electrons. The molecule has 3 rings (SSSR count). The average Bonchev–Trinajstić information content (AvgIpc) is 2.73. The Morgan fingerprint density at radius 2 is 2.00 bits per heavy atom. The molecular formula is C16H15ClN2O3. The topological polar surface area (TPSA) is 67.4 Å². The lowest BCUT2D eigenvalue weighted by atomic mass is 10.1. The molecule has 2 aromatic carbocycles. The van der Waals surface area contributed by atoms with E-state index in [2.05, 4.69) is 0 Å². The maximum absolute atomic E-state index is 12.3. The van der Waals surface area contributed by atoms with Gasteiger partial charge in [0.1, 0.15) is 5.75 Å². The first kappa shape index (κ1) is 14.7. The van der Waals surface area contributed by atoms with Crippen molar-refractivity contribution >= 4 is 22.5 Å². The predicted molar refractivity (Wildman–Crippen MR) is 85.3 cm³/mol. The third-order valence-corrected chi connectivity index (χ3v) is 4.09. The summed E-state index contributed by atoms with van der Waals surface area (Å²) in [5, 5.41) is 20.6. The van der Waals surface area contributed by atoms with Gasteiger partial charge in [-0.15, -0.1) is 0 Å². The molecule has 2 N–H and O–H groups in total. The summed E-state index contributed by atoms with van der Waals surface area (Å²) in [5.41, 5.74) is 1.76. The SMILES string of the molecule is Cn1c(=O)c2ccc(Cl)cc2n1Cc1c(O)cccc1CO. The quantitative estimate of drug-likeness (QED) is 0.778. The van der Waals surface area contributed by atoms with Gasteiger partial charge in [-0.2, -0.15) is 0 Å². The largest absolute Gasteiger partial charge is 0.508 e. The van der Waals surface area contributed by atoms with Crippen LogP contribution in [0.3, 0.4) is 0 Å². The molecule has 3 aromatic rings. The molecule has 0 atom stereocenters. The molecule has 22 heavy (non-hydrogen) atoms. The summed E-state index contributed by atoms with van der Waals surface area (Å²) in [6, 6.07) is 10.1. The Balaban J connectivity index is 2.22. The van der Waals surface area contributed by atoms with Crippen molar-refractivity contribution in [1.82, 2.24) is 9.36 Å². The van der Waals surface area contributed by atoms with E-state index in [9.17, 15) is 15.0 Å². The van der Waals surface area contributed by atoms with E-state index >= 15 is 0 Å². The molecule has 6 heteroatoms. The Labute approximate surface area is 131 Å². The summed E-state index contributed by atoms with van der Waals surface area (Å²) < 4.78 is 3.21. The number of rotatable bonds is 3. The number of nitrogens with zero attached hydrogens (tertiary/aromatic N) is 2. The molecule has 0 aliphatic carbocycles. The van der Waals surface area contributed by atoms with Gasteiger partial charge < -0.3 is 10.2 Å². The summed E-state index contributed by atoms with van der Waals surface area (Å²) in [5.74, 6) is 0.0860. The van der Waals surface area contributed by atoms with Crippen LogP contribution in [0.1, 0.15) is 11.1 Å². The molecule has 5 nitrogen and oxygen atoms in total. The van der Waals surface area contributed by atoms with E-state index in [0.29, 0.717) is 27.1 Å². The number of phenols is 1. The maximum Gasteiger partial charge on any atom is 0.274 e. The lowest BCUT2D eigenvalue weighted by Crippen LogP contribution is -2.20. The molecule has 0 radical (unpaired) electrons. The van der Waals surface area contributed by atoms with Crippen molar-refractivity contribution in [3.05, 3.63) is 62.9 Å². The van der Waals surface area contributed by atoms with Gasteiger partial charge in [0.05, 0.1) is 24.1 Å². The number of hydrogen-bond acceptors (Lipinski definition) is 3. The molecule has 0 saturated heterocycles.